The Morgan fingerprint density at radius 2 is 2.04 bits per heavy atom. The number of pyridine rings is 1. The lowest BCUT2D eigenvalue weighted by molar-refractivity contribution is 0.102. The quantitative estimate of drug-likeness (QED) is 0.777. The van der Waals surface area contributed by atoms with E-state index in [9.17, 15) is 9.59 Å². The number of anilines is 3. The van der Waals surface area contributed by atoms with Crippen molar-refractivity contribution in [1.29, 1.82) is 0 Å². The molecule has 8 heteroatoms. The first-order chi connectivity index (χ1) is 11.1. The van der Waals surface area contributed by atoms with E-state index in [2.05, 4.69) is 25.2 Å². The van der Waals surface area contributed by atoms with Crippen LogP contribution < -0.4 is 21.6 Å². The zero-order valence-corrected chi connectivity index (χ0v) is 12.6. The summed E-state index contributed by atoms with van der Waals surface area (Å²) in [6, 6.07) is 3.25. The number of carbonyl (C=O) groups is 1. The Hall–Kier alpha value is -2.90. The predicted octanol–water partition coefficient (Wildman–Crippen LogP) is 0.990. The van der Waals surface area contributed by atoms with Crippen molar-refractivity contribution in [2.24, 2.45) is 0 Å². The van der Waals surface area contributed by atoms with Crippen LogP contribution in [0.4, 0.5) is 17.2 Å². The Balaban J connectivity index is 1.89. The number of nitrogen functional groups attached to an aromatic ring is 1. The summed E-state index contributed by atoms with van der Waals surface area (Å²) in [7, 11) is 0. The minimum Gasteiger partial charge on any atom is -0.397 e. The van der Waals surface area contributed by atoms with Crippen molar-refractivity contribution in [3.8, 4) is 0 Å². The largest absolute Gasteiger partial charge is 0.397 e. The highest BCUT2D eigenvalue weighted by atomic mass is 16.2. The molecule has 0 unspecified atom stereocenters. The van der Waals surface area contributed by atoms with Crippen LogP contribution in [0, 0.1) is 0 Å². The zero-order chi connectivity index (χ0) is 16.2. The summed E-state index contributed by atoms with van der Waals surface area (Å²) in [5.74, 6) is -0.148. The Morgan fingerprint density at radius 1 is 1.26 bits per heavy atom. The van der Waals surface area contributed by atoms with Crippen LogP contribution in [0.15, 0.2) is 29.3 Å². The molecule has 3 rings (SSSR count). The molecule has 0 aromatic carbocycles. The van der Waals surface area contributed by atoms with Gasteiger partial charge in [0.15, 0.2) is 5.69 Å². The lowest BCUT2D eigenvalue weighted by Gasteiger charge is -2.29. The summed E-state index contributed by atoms with van der Waals surface area (Å²) in [5, 5.41) is 2.69. The zero-order valence-electron chi connectivity index (χ0n) is 12.6. The van der Waals surface area contributed by atoms with E-state index in [0.29, 0.717) is 11.5 Å². The summed E-state index contributed by atoms with van der Waals surface area (Å²) in [6.07, 6.45) is 6.30. The molecule has 0 spiro atoms. The van der Waals surface area contributed by atoms with Crippen LogP contribution in [0.3, 0.4) is 0 Å². The summed E-state index contributed by atoms with van der Waals surface area (Å²) < 4.78 is 0. The molecule has 23 heavy (non-hydrogen) atoms. The Morgan fingerprint density at radius 3 is 2.78 bits per heavy atom. The molecule has 1 saturated heterocycles. The average Bonchev–Trinajstić information content (AvgIpc) is 2.56. The maximum Gasteiger partial charge on any atom is 0.346 e. The van der Waals surface area contributed by atoms with Gasteiger partial charge in [0.25, 0.3) is 5.91 Å². The number of aromatic amines is 1. The van der Waals surface area contributed by atoms with Gasteiger partial charge in [0, 0.05) is 19.3 Å². The average molecular weight is 314 g/mol. The molecule has 1 fully saturated rings. The first-order valence-electron chi connectivity index (χ1n) is 7.51. The summed E-state index contributed by atoms with van der Waals surface area (Å²) in [4.78, 5) is 36.3. The molecule has 0 atom stereocenters. The lowest BCUT2D eigenvalue weighted by atomic mass is 10.1. The Bertz CT molecular complexity index is 767. The fraction of sp³-hybridized carbons (Fsp3) is 0.333. The summed E-state index contributed by atoms with van der Waals surface area (Å²) in [6.45, 7) is 1.73. The van der Waals surface area contributed by atoms with Gasteiger partial charge in [-0.2, -0.15) is 4.98 Å². The number of nitrogens with two attached hydrogens (primary N) is 1. The van der Waals surface area contributed by atoms with Crippen LogP contribution >= 0.6 is 0 Å². The molecule has 4 N–H and O–H groups in total. The van der Waals surface area contributed by atoms with E-state index in [4.69, 9.17) is 5.73 Å². The van der Waals surface area contributed by atoms with Crippen LogP contribution in [0.5, 0.6) is 0 Å². The maximum atomic E-state index is 12.4. The van der Waals surface area contributed by atoms with Gasteiger partial charge < -0.3 is 16.0 Å². The number of carbonyl (C=O) groups excluding carboxylic acids is 1. The number of nitrogens with zero attached hydrogens (tertiary/aromatic N) is 3. The van der Waals surface area contributed by atoms with E-state index in [0.717, 1.165) is 25.9 Å². The van der Waals surface area contributed by atoms with Gasteiger partial charge in [0.1, 0.15) is 5.82 Å². The van der Waals surface area contributed by atoms with Crippen LogP contribution in [-0.2, 0) is 0 Å². The van der Waals surface area contributed by atoms with E-state index in [1.807, 2.05) is 0 Å². The molecule has 1 amide bonds. The molecule has 1 aliphatic heterocycles. The second-order valence-electron chi connectivity index (χ2n) is 5.39. The van der Waals surface area contributed by atoms with E-state index < -0.39 is 11.6 Å². The number of hydrogen-bond donors (Lipinski definition) is 3. The third kappa shape index (κ3) is 3.31. The minimum atomic E-state index is -0.518. The van der Waals surface area contributed by atoms with Gasteiger partial charge in [-0.1, -0.05) is 0 Å². The van der Waals surface area contributed by atoms with E-state index in [1.165, 1.54) is 18.8 Å². The normalized spacial score (nSPS) is 14.5. The van der Waals surface area contributed by atoms with E-state index in [-0.39, 0.29) is 11.4 Å². The van der Waals surface area contributed by atoms with Crippen molar-refractivity contribution in [3.05, 3.63) is 40.7 Å². The first-order valence-corrected chi connectivity index (χ1v) is 7.51. The molecule has 0 saturated carbocycles. The third-order valence-electron chi connectivity index (χ3n) is 3.78. The number of H-pyrrole nitrogens is 1. The number of aromatic nitrogens is 3. The van der Waals surface area contributed by atoms with Crippen molar-refractivity contribution in [3.63, 3.8) is 0 Å². The molecule has 8 nitrogen and oxygen atoms in total. The molecule has 0 bridgehead atoms. The summed E-state index contributed by atoms with van der Waals surface area (Å²) >= 11 is 0. The van der Waals surface area contributed by atoms with Crippen molar-refractivity contribution >= 4 is 23.1 Å². The highest BCUT2D eigenvalue weighted by Gasteiger charge is 2.19. The Kier molecular flexibility index (Phi) is 4.22. The fourth-order valence-corrected chi connectivity index (χ4v) is 2.64. The smallest absolute Gasteiger partial charge is 0.346 e. The van der Waals surface area contributed by atoms with Gasteiger partial charge in [-0.05, 0) is 31.4 Å². The second kappa shape index (κ2) is 6.47. The van der Waals surface area contributed by atoms with Crippen LogP contribution in [0.2, 0.25) is 0 Å². The number of rotatable bonds is 3. The number of piperidine rings is 1. The van der Waals surface area contributed by atoms with Crippen molar-refractivity contribution in [2.75, 3.05) is 29.0 Å². The van der Waals surface area contributed by atoms with Crippen LogP contribution in [0.1, 0.15) is 29.8 Å². The molecule has 3 heterocycles. The molecule has 120 valence electrons. The minimum absolute atomic E-state index is 0.120. The van der Waals surface area contributed by atoms with Gasteiger partial charge in [0.05, 0.1) is 17.6 Å². The van der Waals surface area contributed by atoms with Gasteiger partial charge in [-0.3, -0.25) is 9.78 Å². The summed E-state index contributed by atoms with van der Waals surface area (Å²) in [5.41, 5.74) is 6.35. The molecule has 1 aliphatic rings. The van der Waals surface area contributed by atoms with Crippen LogP contribution in [0.25, 0.3) is 0 Å². The second-order valence-corrected chi connectivity index (χ2v) is 5.39. The van der Waals surface area contributed by atoms with Gasteiger partial charge >= 0.3 is 5.69 Å². The standard InChI is InChI=1S/C15H18N6O2/c16-10-5-4-6-17-12(10)14(22)19-13-11(9-18-15(23)20-13)21-7-2-1-3-8-21/h4-6,9H,1-3,7-8,16H2,(H2,18,19,20,22,23). The van der Waals surface area contributed by atoms with Crippen molar-refractivity contribution < 1.29 is 4.79 Å². The van der Waals surface area contributed by atoms with Crippen molar-refractivity contribution in [1.82, 2.24) is 15.0 Å². The monoisotopic (exact) mass is 314 g/mol. The third-order valence-corrected chi connectivity index (χ3v) is 3.78. The van der Waals surface area contributed by atoms with E-state index >= 15 is 0 Å². The highest BCUT2D eigenvalue weighted by molar-refractivity contribution is 6.06. The molecular formula is C15H18N6O2. The molecule has 2 aromatic heterocycles. The predicted molar refractivity (Wildman–Crippen MR) is 87.5 cm³/mol. The lowest BCUT2D eigenvalue weighted by Crippen LogP contribution is -2.32. The molecule has 0 aliphatic carbocycles. The van der Waals surface area contributed by atoms with E-state index in [1.54, 1.807) is 12.1 Å². The highest BCUT2D eigenvalue weighted by Crippen LogP contribution is 2.25. The van der Waals surface area contributed by atoms with Gasteiger partial charge in [-0.15, -0.1) is 0 Å². The van der Waals surface area contributed by atoms with Gasteiger partial charge in [0.2, 0.25) is 0 Å². The first kappa shape index (κ1) is 15.0. The number of nitrogens with one attached hydrogen (secondary N) is 2. The topological polar surface area (TPSA) is 117 Å². The van der Waals surface area contributed by atoms with Crippen molar-refractivity contribution in [2.45, 2.75) is 19.3 Å². The number of amides is 1. The van der Waals surface area contributed by atoms with Crippen LogP contribution in [-0.4, -0.2) is 33.9 Å². The molecular weight excluding hydrogens is 296 g/mol. The number of hydrogen-bond acceptors (Lipinski definition) is 6. The molecule has 2 aromatic rings. The fourth-order valence-electron chi connectivity index (χ4n) is 2.64. The Labute approximate surface area is 132 Å². The SMILES string of the molecule is Nc1cccnc1C(=O)Nc1[nH]c(=O)ncc1N1CCCCC1. The maximum absolute atomic E-state index is 12.4. The molecule has 0 radical (unpaired) electrons. The van der Waals surface area contributed by atoms with Gasteiger partial charge in [-0.25, -0.2) is 9.78 Å².